The standard InChI is InChI=1S/C11H16O2/c1-4-11(3,5-2)10(12)9-7-6-8-13-9/h6-8H,4-5H2,1-3H3. The van der Waals surface area contributed by atoms with Crippen LogP contribution in [0.4, 0.5) is 0 Å². The Morgan fingerprint density at radius 2 is 2.08 bits per heavy atom. The molecule has 0 bridgehead atoms. The molecular weight excluding hydrogens is 164 g/mol. The van der Waals surface area contributed by atoms with Crippen LogP contribution in [0.15, 0.2) is 22.8 Å². The van der Waals surface area contributed by atoms with Crippen molar-refractivity contribution in [3.63, 3.8) is 0 Å². The molecule has 2 nitrogen and oxygen atoms in total. The Hall–Kier alpha value is -1.05. The lowest BCUT2D eigenvalue weighted by atomic mass is 9.79. The van der Waals surface area contributed by atoms with E-state index < -0.39 is 0 Å². The van der Waals surface area contributed by atoms with E-state index in [1.807, 2.05) is 20.8 Å². The van der Waals surface area contributed by atoms with E-state index in [1.165, 1.54) is 0 Å². The van der Waals surface area contributed by atoms with E-state index in [0.717, 1.165) is 12.8 Å². The van der Waals surface area contributed by atoms with Crippen molar-refractivity contribution in [2.24, 2.45) is 5.41 Å². The Morgan fingerprint density at radius 3 is 2.46 bits per heavy atom. The molecule has 0 unspecified atom stereocenters. The Kier molecular flexibility index (Phi) is 2.91. The molecule has 0 amide bonds. The molecule has 1 rings (SSSR count). The average Bonchev–Trinajstić information content (AvgIpc) is 2.68. The molecule has 0 aliphatic rings. The highest BCUT2D eigenvalue weighted by Gasteiger charge is 2.31. The molecule has 0 aliphatic heterocycles. The zero-order valence-electron chi connectivity index (χ0n) is 8.46. The van der Waals surface area contributed by atoms with Gasteiger partial charge in [-0.05, 0) is 25.0 Å². The molecule has 0 radical (unpaired) electrons. The summed E-state index contributed by atoms with van der Waals surface area (Å²) in [6, 6.07) is 3.48. The van der Waals surface area contributed by atoms with Gasteiger partial charge in [-0.2, -0.15) is 0 Å². The van der Waals surface area contributed by atoms with Gasteiger partial charge in [-0.15, -0.1) is 0 Å². The van der Waals surface area contributed by atoms with Crippen LogP contribution in [0.25, 0.3) is 0 Å². The van der Waals surface area contributed by atoms with Gasteiger partial charge in [0.05, 0.1) is 6.26 Å². The lowest BCUT2D eigenvalue weighted by Crippen LogP contribution is -2.25. The van der Waals surface area contributed by atoms with Crippen molar-refractivity contribution in [3.8, 4) is 0 Å². The topological polar surface area (TPSA) is 30.2 Å². The van der Waals surface area contributed by atoms with E-state index in [9.17, 15) is 4.79 Å². The molecule has 0 atom stereocenters. The maximum Gasteiger partial charge on any atom is 0.203 e. The molecule has 1 heterocycles. The van der Waals surface area contributed by atoms with Crippen LogP contribution in [-0.2, 0) is 0 Å². The fraction of sp³-hybridized carbons (Fsp3) is 0.545. The number of hydrogen-bond acceptors (Lipinski definition) is 2. The number of Topliss-reactive ketones (excluding diaryl/α,β-unsaturated/α-hetero) is 1. The molecule has 1 aromatic heterocycles. The smallest absolute Gasteiger partial charge is 0.203 e. The molecule has 0 saturated heterocycles. The third-order valence-electron chi connectivity index (χ3n) is 2.85. The third kappa shape index (κ3) is 1.82. The number of carbonyl (C=O) groups is 1. The Balaban J connectivity index is 2.89. The van der Waals surface area contributed by atoms with Crippen molar-refractivity contribution in [2.75, 3.05) is 0 Å². The summed E-state index contributed by atoms with van der Waals surface area (Å²) >= 11 is 0. The van der Waals surface area contributed by atoms with Gasteiger partial charge in [0.25, 0.3) is 0 Å². The molecule has 0 N–H and O–H groups in total. The first-order valence-electron chi connectivity index (χ1n) is 4.72. The second-order valence-corrected chi connectivity index (χ2v) is 3.57. The van der Waals surface area contributed by atoms with Crippen molar-refractivity contribution in [3.05, 3.63) is 24.2 Å². The number of carbonyl (C=O) groups excluding carboxylic acids is 1. The van der Waals surface area contributed by atoms with E-state index in [0.29, 0.717) is 5.76 Å². The van der Waals surface area contributed by atoms with Crippen molar-refractivity contribution in [1.29, 1.82) is 0 Å². The number of ketones is 1. The van der Waals surface area contributed by atoms with Gasteiger partial charge >= 0.3 is 0 Å². The van der Waals surface area contributed by atoms with E-state index in [1.54, 1.807) is 18.4 Å². The molecular formula is C11H16O2. The molecule has 2 heteroatoms. The summed E-state index contributed by atoms with van der Waals surface area (Å²) in [6.45, 7) is 6.05. The Morgan fingerprint density at radius 1 is 1.46 bits per heavy atom. The Labute approximate surface area is 78.9 Å². The van der Waals surface area contributed by atoms with Gasteiger partial charge in [0.2, 0.25) is 5.78 Å². The fourth-order valence-electron chi connectivity index (χ4n) is 1.28. The first-order valence-corrected chi connectivity index (χ1v) is 4.72. The zero-order chi connectivity index (χ0) is 9.90. The first kappa shape index (κ1) is 10.0. The molecule has 0 spiro atoms. The molecule has 13 heavy (non-hydrogen) atoms. The summed E-state index contributed by atoms with van der Waals surface area (Å²) in [5.41, 5.74) is -0.266. The summed E-state index contributed by atoms with van der Waals surface area (Å²) in [4.78, 5) is 11.9. The minimum atomic E-state index is -0.266. The van der Waals surface area contributed by atoms with Crippen LogP contribution in [0, 0.1) is 5.41 Å². The summed E-state index contributed by atoms with van der Waals surface area (Å²) in [6.07, 6.45) is 3.24. The monoisotopic (exact) mass is 180 g/mol. The van der Waals surface area contributed by atoms with Crippen molar-refractivity contribution >= 4 is 5.78 Å². The summed E-state index contributed by atoms with van der Waals surface area (Å²) in [5, 5.41) is 0. The van der Waals surface area contributed by atoms with Crippen LogP contribution in [-0.4, -0.2) is 5.78 Å². The fourth-order valence-corrected chi connectivity index (χ4v) is 1.28. The quantitative estimate of drug-likeness (QED) is 0.665. The van der Waals surface area contributed by atoms with Crippen molar-refractivity contribution in [1.82, 2.24) is 0 Å². The van der Waals surface area contributed by atoms with Gasteiger partial charge in [0.1, 0.15) is 0 Å². The number of hydrogen-bond donors (Lipinski definition) is 0. The molecule has 0 fully saturated rings. The molecule has 72 valence electrons. The second kappa shape index (κ2) is 3.77. The van der Waals surface area contributed by atoms with Crippen LogP contribution in [0.3, 0.4) is 0 Å². The maximum atomic E-state index is 11.9. The third-order valence-corrected chi connectivity index (χ3v) is 2.85. The van der Waals surface area contributed by atoms with Crippen LogP contribution in [0.2, 0.25) is 0 Å². The zero-order valence-corrected chi connectivity index (χ0v) is 8.46. The highest BCUT2D eigenvalue weighted by molar-refractivity contribution is 5.97. The van der Waals surface area contributed by atoms with E-state index >= 15 is 0 Å². The Bertz CT molecular complexity index is 268. The van der Waals surface area contributed by atoms with Crippen LogP contribution >= 0.6 is 0 Å². The van der Waals surface area contributed by atoms with Gasteiger partial charge in [0.15, 0.2) is 5.76 Å². The molecule has 0 saturated carbocycles. The van der Waals surface area contributed by atoms with Crippen molar-refractivity contribution in [2.45, 2.75) is 33.6 Å². The van der Waals surface area contributed by atoms with E-state index in [4.69, 9.17) is 4.42 Å². The van der Waals surface area contributed by atoms with Crippen molar-refractivity contribution < 1.29 is 9.21 Å². The lowest BCUT2D eigenvalue weighted by Gasteiger charge is -2.23. The van der Waals surface area contributed by atoms with Crippen LogP contribution < -0.4 is 0 Å². The second-order valence-electron chi connectivity index (χ2n) is 3.57. The highest BCUT2D eigenvalue weighted by atomic mass is 16.3. The average molecular weight is 180 g/mol. The maximum absolute atomic E-state index is 11.9. The summed E-state index contributed by atoms with van der Waals surface area (Å²) in [5.74, 6) is 0.591. The summed E-state index contributed by atoms with van der Waals surface area (Å²) < 4.78 is 5.10. The molecule has 0 aliphatic carbocycles. The summed E-state index contributed by atoms with van der Waals surface area (Å²) in [7, 11) is 0. The van der Waals surface area contributed by atoms with Gasteiger partial charge in [-0.1, -0.05) is 20.8 Å². The largest absolute Gasteiger partial charge is 0.461 e. The predicted octanol–water partition coefficient (Wildman–Crippen LogP) is 3.29. The van der Waals surface area contributed by atoms with Crippen LogP contribution in [0.5, 0.6) is 0 Å². The molecule has 1 aromatic rings. The van der Waals surface area contributed by atoms with E-state index in [-0.39, 0.29) is 11.2 Å². The van der Waals surface area contributed by atoms with E-state index in [2.05, 4.69) is 0 Å². The highest BCUT2D eigenvalue weighted by Crippen LogP contribution is 2.29. The normalized spacial score (nSPS) is 11.6. The van der Waals surface area contributed by atoms with Crippen LogP contribution in [0.1, 0.15) is 44.2 Å². The minimum Gasteiger partial charge on any atom is -0.461 e. The molecule has 0 aromatic carbocycles. The SMILES string of the molecule is CCC(C)(CC)C(=O)c1ccco1. The number of rotatable bonds is 4. The van der Waals surface area contributed by atoms with Gasteiger partial charge in [0, 0.05) is 5.41 Å². The predicted molar refractivity (Wildman–Crippen MR) is 51.7 cm³/mol. The lowest BCUT2D eigenvalue weighted by molar-refractivity contribution is 0.0772. The van der Waals surface area contributed by atoms with Gasteiger partial charge < -0.3 is 4.42 Å². The first-order chi connectivity index (χ1) is 6.14. The van der Waals surface area contributed by atoms with Gasteiger partial charge in [-0.25, -0.2) is 0 Å². The number of furan rings is 1. The van der Waals surface area contributed by atoms with Gasteiger partial charge in [-0.3, -0.25) is 4.79 Å². The minimum absolute atomic E-state index is 0.113.